The monoisotopic (exact) mass is 429 g/mol. The van der Waals surface area contributed by atoms with Crippen molar-refractivity contribution < 1.29 is 13.9 Å². The van der Waals surface area contributed by atoms with Crippen LogP contribution >= 0.6 is 11.6 Å². The van der Waals surface area contributed by atoms with E-state index in [4.69, 9.17) is 16.3 Å². The summed E-state index contributed by atoms with van der Waals surface area (Å²) in [5, 5.41) is 4.91. The fourth-order valence-electron chi connectivity index (χ4n) is 3.87. The number of pyridine rings is 1. The number of carbonyl (C=O) groups excluding carboxylic acids is 1. The number of benzene rings is 1. The van der Waals surface area contributed by atoms with Gasteiger partial charge >= 0.3 is 5.97 Å². The van der Waals surface area contributed by atoms with Gasteiger partial charge in [-0.15, -0.1) is 0 Å². The molecule has 0 saturated heterocycles. The second kappa shape index (κ2) is 7.34. The Kier molecular flexibility index (Phi) is 5.09. The summed E-state index contributed by atoms with van der Waals surface area (Å²) in [7, 11) is 0. The lowest BCUT2D eigenvalue weighted by atomic mass is 9.86. The van der Waals surface area contributed by atoms with Crippen molar-refractivity contribution >= 4 is 28.5 Å². The quantitative estimate of drug-likeness (QED) is 0.491. The average molecular weight is 430 g/mol. The summed E-state index contributed by atoms with van der Waals surface area (Å²) in [5.41, 5.74) is 3.11. The highest BCUT2D eigenvalue weighted by molar-refractivity contribution is 6.32. The van der Waals surface area contributed by atoms with Gasteiger partial charge in [0, 0.05) is 23.2 Å². The van der Waals surface area contributed by atoms with Crippen molar-refractivity contribution in [1.29, 1.82) is 0 Å². The standard InChI is InChI=1S/C23H25ClFN3O2/c1-12-13(2)26-19-15(10-14(11-16(19)25)23(3,4)5)20(12)30-22(29)18-17-8-6-7-9-28(17)27-21(18)24/h10-11H,6-9H2,1-5H3. The number of halogens is 2. The molecule has 0 atom stereocenters. The summed E-state index contributed by atoms with van der Waals surface area (Å²) in [5.74, 6) is -0.683. The van der Waals surface area contributed by atoms with E-state index in [1.54, 1.807) is 11.6 Å². The van der Waals surface area contributed by atoms with Crippen molar-refractivity contribution in [1.82, 2.24) is 14.8 Å². The van der Waals surface area contributed by atoms with E-state index in [0.717, 1.165) is 37.1 Å². The van der Waals surface area contributed by atoms with Crippen molar-refractivity contribution in [2.45, 2.75) is 65.8 Å². The Morgan fingerprint density at radius 2 is 1.97 bits per heavy atom. The molecule has 158 valence electrons. The summed E-state index contributed by atoms with van der Waals surface area (Å²) in [6.45, 7) is 10.4. The van der Waals surface area contributed by atoms with Gasteiger partial charge in [-0.1, -0.05) is 32.4 Å². The number of esters is 1. The van der Waals surface area contributed by atoms with E-state index in [1.807, 2.05) is 33.8 Å². The molecule has 0 N–H and O–H groups in total. The van der Waals surface area contributed by atoms with E-state index in [9.17, 15) is 9.18 Å². The second-order valence-electron chi connectivity index (χ2n) is 8.94. The Balaban J connectivity index is 1.86. The predicted octanol–water partition coefficient (Wildman–Crippen LogP) is 5.69. The van der Waals surface area contributed by atoms with Crippen molar-refractivity contribution in [3.8, 4) is 5.75 Å². The number of hydrogen-bond acceptors (Lipinski definition) is 4. The lowest BCUT2D eigenvalue weighted by Gasteiger charge is -2.21. The molecule has 3 aromatic rings. The predicted molar refractivity (Wildman–Crippen MR) is 115 cm³/mol. The number of ether oxygens (including phenoxy) is 1. The summed E-state index contributed by atoms with van der Waals surface area (Å²) in [6.07, 6.45) is 2.70. The minimum Gasteiger partial charge on any atom is -0.422 e. The van der Waals surface area contributed by atoms with Gasteiger partial charge in [0.2, 0.25) is 0 Å². The molecule has 0 fully saturated rings. The van der Waals surface area contributed by atoms with Gasteiger partial charge in [0.1, 0.15) is 22.6 Å². The van der Waals surface area contributed by atoms with Crippen LogP contribution in [0.2, 0.25) is 5.15 Å². The van der Waals surface area contributed by atoms with Gasteiger partial charge in [-0.3, -0.25) is 4.68 Å². The van der Waals surface area contributed by atoms with Crippen LogP contribution in [0.5, 0.6) is 5.75 Å². The maximum absolute atomic E-state index is 14.9. The maximum atomic E-state index is 14.9. The summed E-state index contributed by atoms with van der Waals surface area (Å²) < 4.78 is 22.6. The second-order valence-corrected chi connectivity index (χ2v) is 9.30. The van der Waals surface area contributed by atoms with Gasteiger partial charge in [-0.05, 0) is 56.2 Å². The third-order valence-corrected chi connectivity index (χ3v) is 6.05. The zero-order valence-corrected chi connectivity index (χ0v) is 18.7. The van der Waals surface area contributed by atoms with Crippen LogP contribution in [0.3, 0.4) is 0 Å². The van der Waals surface area contributed by atoms with Crippen molar-refractivity contribution in [2.24, 2.45) is 0 Å². The molecule has 4 rings (SSSR count). The first-order valence-corrected chi connectivity index (χ1v) is 10.5. The van der Waals surface area contributed by atoms with Gasteiger partial charge < -0.3 is 4.74 Å². The van der Waals surface area contributed by atoms with E-state index < -0.39 is 11.8 Å². The first kappa shape index (κ1) is 20.8. The van der Waals surface area contributed by atoms with E-state index in [0.29, 0.717) is 28.0 Å². The molecule has 0 bridgehead atoms. The molecule has 5 nitrogen and oxygen atoms in total. The number of aromatic nitrogens is 3. The number of carbonyl (C=O) groups is 1. The Hall–Kier alpha value is -2.47. The highest BCUT2D eigenvalue weighted by Crippen LogP contribution is 2.36. The Morgan fingerprint density at radius 1 is 1.23 bits per heavy atom. The number of rotatable bonds is 2. The molecular weight excluding hydrogens is 405 g/mol. The van der Waals surface area contributed by atoms with Crippen LogP contribution < -0.4 is 4.74 Å². The van der Waals surface area contributed by atoms with E-state index in [-0.39, 0.29) is 16.1 Å². The molecular formula is C23H25ClFN3O2. The molecule has 0 saturated carbocycles. The Morgan fingerprint density at radius 3 is 2.67 bits per heavy atom. The van der Waals surface area contributed by atoms with E-state index >= 15 is 0 Å². The lowest BCUT2D eigenvalue weighted by molar-refractivity contribution is 0.0734. The Bertz CT molecular complexity index is 1180. The van der Waals surface area contributed by atoms with Gasteiger partial charge in [0.15, 0.2) is 5.15 Å². The van der Waals surface area contributed by atoms with Gasteiger partial charge in [-0.2, -0.15) is 5.10 Å². The third kappa shape index (κ3) is 3.47. The van der Waals surface area contributed by atoms with Crippen molar-refractivity contribution in [3.63, 3.8) is 0 Å². The van der Waals surface area contributed by atoms with Crippen LogP contribution in [-0.2, 0) is 18.4 Å². The first-order valence-electron chi connectivity index (χ1n) is 10.2. The highest BCUT2D eigenvalue weighted by Gasteiger charge is 2.28. The molecule has 1 aliphatic heterocycles. The van der Waals surface area contributed by atoms with Crippen LogP contribution in [0.4, 0.5) is 4.39 Å². The van der Waals surface area contributed by atoms with Crippen molar-refractivity contribution in [3.05, 3.63) is 51.2 Å². The SMILES string of the molecule is Cc1nc2c(F)cc(C(C)(C)C)cc2c(OC(=O)c2c(Cl)nn3c2CCCC3)c1C. The van der Waals surface area contributed by atoms with Crippen LogP contribution in [-0.4, -0.2) is 20.7 Å². The molecule has 0 radical (unpaired) electrons. The number of aryl methyl sites for hydroxylation is 2. The van der Waals surface area contributed by atoms with Gasteiger partial charge in [0.25, 0.3) is 0 Å². The smallest absolute Gasteiger partial charge is 0.348 e. The topological polar surface area (TPSA) is 57.0 Å². The molecule has 0 amide bonds. The van der Waals surface area contributed by atoms with Gasteiger partial charge in [-0.25, -0.2) is 14.2 Å². The minimum atomic E-state index is -0.570. The molecule has 0 unspecified atom stereocenters. The maximum Gasteiger partial charge on any atom is 0.348 e. The molecule has 3 heterocycles. The molecule has 2 aromatic heterocycles. The molecule has 0 spiro atoms. The normalized spacial score (nSPS) is 14.1. The van der Waals surface area contributed by atoms with E-state index in [1.165, 1.54) is 6.07 Å². The Labute approximate surface area is 180 Å². The number of hydrogen-bond donors (Lipinski definition) is 0. The third-order valence-electron chi connectivity index (χ3n) is 5.78. The largest absolute Gasteiger partial charge is 0.422 e. The molecule has 30 heavy (non-hydrogen) atoms. The average Bonchev–Trinajstić information content (AvgIpc) is 3.01. The van der Waals surface area contributed by atoms with Crippen LogP contribution in [0.1, 0.15) is 66.5 Å². The zero-order chi connectivity index (χ0) is 21.8. The molecule has 7 heteroatoms. The van der Waals surface area contributed by atoms with Crippen LogP contribution in [0.25, 0.3) is 10.9 Å². The first-order chi connectivity index (χ1) is 14.1. The molecule has 1 aromatic carbocycles. The minimum absolute atomic E-state index is 0.145. The highest BCUT2D eigenvalue weighted by atomic mass is 35.5. The molecule has 1 aliphatic rings. The summed E-state index contributed by atoms with van der Waals surface area (Å²) in [4.78, 5) is 17.6. The number of nitrogens with zero attached hydrogens (tertiary/aromatic N) is 3. The van der Waals surface area contributed by atoms with Crippen LogP contribution in [0, 0.1) is 19.7 Å². The fourth-order valence-corrected chi connectivity index (χ4v) is 4.15. The fraction of sp³-hybridized carbons (Fsp3) is 0.435. The summed E-state index contributed by atoms with van der Waals surface area (Å²) >= 11 is 6.29. The molecule has 0 aliphatic carbocycles. The van der Waals surface area contributed by atoms with E-state index in [2.05, 4.69) is 10.1 Å². The lowest BCUT2D eigenvalue weighted by Crippen LogP contribution is -2.17. The van der Waals surface area contributed by atoms with Gasteiger partial charge in [0.05, 0.1) is 5.69 Å². The zero-order valence-electron chi connectivity index (χ0n) is 17.9. The van der Waals surface area contributed by atoms with Crippen LogP contribution in [0.15, 0.2) is 12.1 Å². The number of fused-ring (bicyclic) bond motifs is 2. The van der Waals surface area contributed by atoms with Crippen molar-refractivity contribution in [2.75, 3.05) is 0 Å². The summed E-state index contributed by atoms with van der Waals surface area (Å²) in [6, 6.07) is 3.36.